The Balaban J connectivity index is 1.99. The molecular formula is C20H17BrO4. The van der Waals surface area contributed by atoms with E-state index in [4.69, 9.17) is 14.2 Å². The van der Waals surface area contributed by atoms with Crippen LogP contribution in [-0.2, 0) is 9.53 Å². The molecule has 1 aliphatic heterocycles. The van der Waals surface area contributed by atoms with E-state index in [0.717, 1.165) is 21.2 Å². The number of carbonyl (C=O) groups excluding carboxylic acids is 1. The molecule has 2 aromatic rings. The van der Waals surface area contributed by atoms with E-state index in [9.17, 15) is 4.79 Å². The maximum absolute atomic E-state index is 12.2. The number of halogens is 1. The molecular weight excluding hydrogens is 384 g/mol. The van der Waals surface area contributed by atoms with Gasteiger partial charge in [0, 0.05) is 17.2 Å². The molecule has 0 spiro atoms. The van der Waals surface area contributed by atoms with Gasteiger partial charge in [-0.25, -0.2) is 4.79 Å². The first-order chi connectivity index (χ1) is 12.0. The van der Waals surface area contributed by atoms with Crippen LogP contribution in [0.2, 0.25) is 0 Å². The van der Waals surface area contributed by atoms with E-state index in [-0.39, 0.29) is 5.97 Å². The lowest BCUT2D eigenvalue weighted by atomic mass is 10.1. The van der Waals surface area contributed by atoms with Crippen molar-refractivity contribution in [2.75, 3.05) is 14.2 Å². The Hall–Kier alpha value is -2.53. The van der Waals surface area contributed by atoms with Crippen molar-refractivity contribution in [3.8, 4) is 11.5 Å². The van der Waals surface area contributed by atoms with Crippen molar-refractivity contribution in [2.45, 2.75) is 6.92 Å². The number of cyclic esters (lactones) is 1. The molecule has 0 aliphatic carbocycles. The highest BCUT2D eigenvalue weighted by molar-refractivity contribution is 9.10. The second kappa shape index (κ2) is 7.15. The van der Waals surface area contributed by atoms with Crippen molar-refractivity contribution in [3.05, 3.63) is 69.2 Å². The Labute approximate surface area is 154 Å². The second-order valence-corrected chi connectivity index (χ2v) is 6.45. The quantitative estimate of drug-likeness (QED) is 0.548. The Bertz CT molecular complexity index is 879. The van der Waals surface area contributed by atoms with E-state index in [2.05, 4.69) is 15.9 Å². The van der Waals surface area contributed by atoms with Gasteiger partial charge >= 0.3 is 5.97 Å². The fraction of sp³-hybridized carbons (Fsp3) is 0.150. The third kappa shape index (κ3) is 3.61. The van der Waals surface area contributed by atoms with Gasteiger partial charge in [0.05, 0.1) is 24.3 Å². The average Bonchev–Trinajstić information content (AvgIpc) is 2.96. The minimum Gasteiger partial charge on any atom is -0.496 e. The molecule has 1 aliphatic rings. The predicted molar refractivity (Wildman–Crippen MR) is 100 cm³/mol. The number of hydrogen-bond donors (Lipinski definition) is 0. The summed E-state index contributed by atoms with van der Waals surface area (Å²) >= 11 is 3.45. The van der Waals surface area contributed by atoms with E-state index < -0.39 is 0 Å². The number of benzene rings is 2. The fourth-order valence-electron chi connectivity index (χ4n) is 2.51. The molecule has 2 aromatic carbocycles. The SMILES string of the molecule is COc1cc(OC)c(/C=C2/C=C(c3ccc(C)cc3)OC2=O)cc1Br. The smallest absolute Gasteiger partial charge is 0.343 e. The first-order valence-corrected chi connectivity index (χ1v) is 8.45. The maximum Gasteiger partial charge on any atom is 0.343 e. The largest absolute Gasteiger partial charge is 0.496 e. The highest BCUT2D eigenvalue weighted by atomic mass is 79.9. The zero-order valence-corrected chi connectivity index (χ0v) is 15.7. The molecule has 128 valence electrons. The van der Waals surface area contributed by atoms with Gasteiger partial charge in [-0.15, -0.1) is 0 Å². The molecule has 0 aromatic heterocycles. The molecule has 0 unspecified atom stereocenters. The van der Waals surface area contributed by atoms with E-state index in [1.807, 2.05) is 37.3 Å². The zero-order valence-electron chi connectivity index (χ0n) is 14.1. The molecule has 0 radical (unpaired) electrons. The molecule has 4 nitrogen and oxygen atoms in total. The van der Waals surface area contributed by atoms with Gasteiger partial charge in [-0.3, -0.25) is 0 Å². The number of aryl methyl sites for hydroxylation is 1. The van der Waals surface area contributed by atoms with Crippen molar-refractivity contribution in [1.29, 1.82) is 0 Å². The summed E-state index contributed by atoms with van der Waals surface area (Å²) in [6.07, 6.45) is 3.48. The van der Waals surface area contributed by atoms with Gasteiger partial charge in [-0.05, 0) is 41.1 Å². The number of hydrogen-bond acceptors (Lipinski definition) is 4. The minimum absolute atomic E-state index is 0.385. The molecule has 3 rings (SSSR count). The topological polar surface area (TPSA) is 44.8 Å². The monoisotopic (exact) mass is 400 g/mol. The highest BCUT2D eigenvalue weighted by Gasteiger charge is 2.22. The molecule has 0 bridgehead atoms. The summed E-state index contributed by atoms with van der Waals surface area (Å²) in [5.41, 5.74) is 3.23. The Kier molecular flexibility index (Phi) is 4.95. The van der Waals surface area contributed by atoms with E-state index in [1.165, 1.54) is 0 Å². The van der Waals surface area contributed by atoms with Crippen LogP contribution in [0.1, 0.15) is 16.7 Å². The van der Waals surface area contributed by atoms with Gasteiger partial charge in [0.15, 0.2) is 0 Å². The Morgan fingerprint density at radius 3 is 2.36 bits per heavy atom. The first kappa shape index (κ1) is 17.3. The minimum atomic E-state index is -0.385. The Morgan fingerprint density at radius 1 is 1.04 bits per heavy atom. The predicted octanol–water partition coefficient (Wildman–Crippen LogP) is 4.76. The molecule has 25 heavy (non-hydrogen) atoms. The number of methoxy groups -OCH3 is 2. The molecule has 0 atom stereocenters. The average molecular weight is 401 g/mol. The molecule has 5 heteroatoms. The first-order valence-electron chi connectivity index (χ1n) is 7.66. The van der Waals surface area contributed by atoms with Gasteiger partial charge in [-0.2, -0.15) is 0 Å². The lowest BCUT2D eigenvalue weighted by Gasteiger charge is -2.10. The third-order valence-corrected chi connectivity index (χ3v) is 4.50. The maximum atomic E-state index is 12.2. The molecule has 0 fully saturated rings. The fourth-order valence-corrected chi connectivity index (χ4v) is 3.04. The summed E-state index contributed by atoms with van der Waals surface area (Å²) in [5, 5.41) is 0. The summed E-state index contributed by atoms with van der Waals surface area (Å²) in [6.45, 7) is 2.01. The van der Waals surface area contributed by atoms with Crippen molar-refractivity contribution < 1.29 is 19.0 Å². The standard InChI is InChI=1S/C20H17BrO4/c1-12-4-6-13(7-5-12)18-10-15(20(22)25-18)8-14-9-16(21)19(24-3)11-17(14)23-2/h4-11H,1-3H3/b15-8-. The van der Waals surface area contributed by atoms with Gasteiger partial charge in [-0.1, -0.05) is 29.8 Å². The van der Waals surface area contributed by atoms with Crippen LogP contribution in [0.25, 0.3) is 11.8 Å². The third-order valence-electron chi connectivity index (χ3n) is 3.88. The number of ether oxygens (including phenoxy) is 3. The van der Waals surface area contributed by atoms with Gasteiger partial charge < -0.3 is 14.2 Å². The van der Waals surface area contributed by atoms with Crippen molar-refractivity contribution in [2.24, 2.45) is 0 Å². The van der Waals surface area contributed by atoms with Crippen LogP contribution >= 0.6 is 15.9 Å². The van der Waals surface area contributed by atoms with Crippen LogP contribution in [0, 0.1) is 6.92 Å². The van der Waals surface area contributed by atoms with Crippen molar-refractivity contribution in [3.63, 3.8) is 0 Å². The van der Waals surface area contributed by atoms with E-state index >= 15 is 0 Å². The number of rotatable bonds is 4. The van der Waals surface area contributed by atoms with Gasteiger partial charge in [0.2, 0.25) is 0 Å². The summed E-state index contributed by atoms with van der Waals surface area (Å²) < 4.78 is 16.8. The summed E-state index contributed by atoms with van der Waals surface area (Å²) in [4.78, 5) is 12.2. The van der Waals surface area contributed by atoms with Crippen LogP contribution in [0.3, 0.4) is 0 Å². The molecule has 0 amide bonds. The zero-order chi connectivity index (χ0) is 18.0. The molecule has 0 N–H and O–H groups in total. The summed E-state index contributed by atoms with van der Waals surface area (Å²) in [7, 11) is 3.16. The second-order valence-electron chi connectivity index (χ2n) is 5.59. The van der Waals surface area contributed by atoms with Crippen LogP contribution < -0.4 is 9.47 Å². The highest BCUT2D eigenvalue weighted by Crippen LogP contribution is 2.35. The molecule has 1 heterocycles. The van der Waals surface area contributed by atoms with Gasteiger partial charge in [0.1, 0.15) is 17.3 Å². The van der Waals surface area contributed by atoms with Crippen LogP contribution in [0.15, 0.2) is 52.5 Å². The van der Waals surface area contributed by atoms with Gasteiger partial charge in [0.25, 0.3) is 0 Å². The normalized spacial score (nSPS) is 15.1. The lowest BCUT2D eigenvalue weighted by Crippen LogP contribution is -1.98. The summed E-state index contributed by atoms with van der Waals surface area (Å²) in [6, 6.07) is 11.4. The van der Waals surface area contributed by atoms with Crippen LogP contribution in [0.4, 0.5) is 0 Å². The lowest BCUT2D eigenvalue weighted by molar-refractivity contribution is -0.130. The van der Waals surface area contributed by atoms with Crippen LogP contribution in [-0.4, -0.2) is 20.2 Å². The van der Waals surface area contributed by atoms with Crippen molar-refractivity contribution in [1.82, 2.24) is 0 Å². The summed E-state index contributed by atoms with van der Waals surface area (Å²) in [5.74, 6) is 1.42. The molecule has 0 saturated carbocycles. The Morgan fingerprint density at radius 2 is 1.72 bits per heavy atom. The number of carbonyl (C=O) groups is 1. The van der Waals surface area contributed by atoms with E-state index in [1.54, 1.807) is 32.4 Å². The van der Waals surface area contributed by atoms with Crippen LogP contribution in [0.5, 0.6) is 11.5 Å². The van der Waals surface area contributed by atoms with E-state index in [0.29, 0.717) is 22.8 Å². The molecule has 0 saturated heterocycles. The van der Waals surface area contributed by atoms with Crippen molar-refractivity contribution >= 4 is 33.7 Å². The number of esters is 1.